The van der Waals surface area contributed by atoms with Crippen LogP contribution in [0.1, 0.15) is 0 Å². The monoisotopic (exact) mass is 204 g/mol. The van der Waals surface area contributed by atoms with Crippen molar-refractivity contribution in [1.82, 2.24) is 0 Å². The molecule has 3 N–H and O–H groups in total. The number of phosphoric acid groups is 1. The molecule has 0 atom stereocenters. The fourth-order valence-electron chi connectivity index (χ4n) is 0.262. The van der Waals surface area contributed by atoms with Crippen molar-refractivity contribution in [2.75, 3.05) is 6.61 Å². The summed E-state index contributed by atoms with van der Waals surface area (Å²) in [5.41, 5.74) is 0. The van der Waals surface area contributed by atoms with E-state index in [-0.39, 0.29) is 5.97 Å². The summed E-state index contributed by atoms with van der Waals surface area (Å²) in [5.74, 6) is -0.341. The number of carbonyl (C=O) groups excluding carboxylic acids is 1. The van der Waals surface area contributed by atoms with E-state index in [1.807, 2.05) is 17.7 Å². The van der Waals surface area contributed by atoms with Gasteiger partial charge in [-0.3, -0.25) is 0 Å². The summed E-state index contributed by atoms with van der Waals surface area (Å²) in [6, 6.07) is 0. The zero-order valence-electron chi connectivity index (χ0n) is 7.21. The molecular weight excluding hydrogens is 194 g/mol. The van der Waals surface area contributed by atoms with Crippen LogP contribution in [-0.2, 0) is 14.1 Å². The van der Waals surface area contributed by atoms with E-state index >= 15 is 0 Å². The first-order valence-electron chi connectivity index (χ1n) is 3.38. The first-order chi connectivity index (χ1) is 5.81. The first-order valence-corrected chi connectivity index (χ1v) is 4.95. The van der Waals surface area contributed by atoms with Gasteiger partial charge in [-0.15, -0.1) is 0 Å². The molecule has 72 valence electrons. The second-order valence-corrected chi connectivity index (χ2v) is 2.91. The van der Waals surface area contributed by atoms with Gasteiger partial charge in [0.1, 0.15) is 0 Å². The summed E-state index contributed by atoms with van der Waals surface area (Å²) in [6.07, 6.45) is 1.16. The van der Waals surface area contributed by atoms with Crippen LogP contribution in [0.25, 0.3) is 0 Å². The Hall–Kier alpha value is -0.0826. The molecular formula is C5H10LiO6P. The van der Waals surface area contributed by atoms with E-state index in [0.29, 0.717) is 6.61 Å². The molecule has 0 bridgehead atoms. The third-order valence-electron chi connectivity index (χ3n) is 0.615. The van der Waals surface area contributed by atoms with Crippen molar-refractivity contribution in [1.29, 1.82) is 0 Å². The molecule has 0 unspecified atom stereocenters. The molecule has 13 heavy (non-hydrogen) atoms. The number of rotatable bonds is 3. The molecule has 0 rings (SSSR count). The van der Waals surface area contributed by atoms with Crippen LogP contribution in [0.4, 0.5) is 0 Å². The van der Waals surface area contributed by atoms with Crippen molar-refractivity contribution in [3.8, 4) is 0 Å². The van der Waals surface area contributed by atoms with E-state index in [1.165, 1.54) is 0 Å². The molecule has 0 aliphatic heterocycles. The van der Waals surface area contributed by atoms with Gasteiger partial charge in [-0.25, -0.2) is 4.57 Å². The summed E-state index contributed by atoms with van der Waals surface area (Å²) in [7, 11) is -4.64. The second-order valence-electron chi connectivity index (χ2n) is 1.88. The zero-order chi connectivity index (χ0) is 10.9. The molecule has 0 aromatic rings. The normalized spacial score (nSPS) is 9.62. The van der Waals surface area contributed by atoms with Crippen LogP contribution in [0.5, 0.6) is 0 Å². The van der Waals surface area contributed by atoms with E-state index < -0.39 is 7.82 Å². The molecule has 0 saturated heterocycles. The molecule has 0 aliphatic carbocycles. The van der Waals surface area contributed by atoms with E-state index in [2.05, 4.69) is 11.3 Å². The average molecular weight is 204 g/mol. The number of hydrogen-bond acceptors (Lipinski definition) is 3. The Morgan fingerprint density at radius 2 is 1.92 bits per heavy atom. The maximum absolute atomic E-state index is 10.2. The van der Waals surface area contributed by atoms with Crippen LogP contribution in [0.3, 0.4) is 0 Å². The van der Waals surface area contributed by atoms with Gasteiger partial charge in [0.25, 0.3) is 0 Å². The van der Waals surface area contributed by atoms with E-state index in [1.54, 1.807) is 0 Å². The van der Waals surface area contributed by atoms with Gasteiger partial charge in [0.15, 0.2) is 0 Å². The summed E-state index contributed by atoms with van der Waals surface area (Å²) in [5, 5.41) is 0.861. The Morgan fingerprint density at radius 1 is 1.54 bits per heavy atom. The van der Waals surface area contributed by atoms with Crippen LogP contribution >= 0.6 is 7.82 Å². The van der Waals surface area contributed by atoms with E-state index in [0.717, 1.165) is 11.2 Å². The molecule has 0 aromatic carbocycles. The van der Waals surface area contributed by atoms with Gasteiger partial charge >= 0.3 is 65.4 Å². The Bertz CT molecular complexity index is 191. The van der Waals surface area contributed by atoms with Crippen molar-refractivity contribution >= 4 is 31.5 Å². The van der Waals surface area contributed by atoms with Gasteiger partial charge in [0.05, 0.1) is 0 Å². The average Bonchev–Trinajstić information content (AvgIpc) is 1.97. The topological polar surface area (TPSA) is 104 Å². The van der Waals surface area contributed by atoms with Gasteiger partial charge in [-0.2, -0.15) is 0 Å². The number of ether oxygens (including phenoxy) is 1. The molecule has 0 fully saturated rings. The van der Waals surface area contributed by atoms with Crippen LogP contribution in [0.2, 0.25) is 5.09 Å². The maximum atomic E-state index is 10.2. The third-order valence-corrected chi connectivity index (χ3v) is 0.615. The first kappa shape index (κ1) is 15.4. The predicted molar refractivity (Wildman–Crippen MR) is 46.0 cm³/mol. The van der Waals surface area contributed by atoms with Crippen molar-refractivity contribution in [2.45, 2.75) is 5.09 Å². The number of hydrogen-bond donors (Lipinski definition) is 3. The van der Waals surface area contributed by atoms with Crippen molar-refractivity contribution < 1.29 is 28.8 Å². The minimum absolute atomic E-state index is 0.341. The molecule has 8 heteroatoms. The van der Waals surface area contributed by atoms with Crippen LogP contribution in [0, 0.1) is 0 Å². The fraction of sp³-hybridized carbons (Fsp3) is 0.400. The molecule has 0 spiro atoms. The molecule has 0 radical (unpaired) electrons. The van der Waals surface area contributed by atoms with Gasteiger partial charge in [-0.05, 0) is 0 Å². The number of carbonyl (C=O) groups is 1. The van der Waals surface area contributed by atoms with Gasteiger partial charge in [0, 0.05) is 0 Å². The molecule has 0 amide bonds. The second kappa shape index (κ2) is 8.51. The summed E-state index contributed by atoms with van der Waals surface area (Å²) in [6.45, 7) is 3.73. The molecule has 0 aromatic heterocycles. The molecule has 0 heterocycles. The van der Waals surface area contributed by atoms with Gasteiger partial charge in [0.2, 0.25) is 0 Å². The third kappa shape index (κ3) is 33.5. The Kier molecular flexibility index (Phi) is 10.1. The van der Waals surface area contributed by atoms with E-state index in [4.69, 9.17) is 19.2 Å². The Balaban J connectivity index is 0. The fourth-order valence-corrected chi connectivity index (χ4v) is 0.262. The van der Waals surface area contributed by atoms with Crippen LogP contribution < -0.4 is 0 Å². The van der Waals surface area contributed by atoms with Crippen molar-refractivity contribution in [3.63, 3.8) is 0 Å². The van der Waals surface area contributed by atoms with Gasteiger partial charge < -0.3 is 14.7 Å². The number of esters is 1. The molecule has 0 saturated carbocycles. The standard InChI is InChI=1S/C5H7O2.Li.H3O4P/c1-3-5(6)7-4-2;;1-5(2,3)4/h3H,1-2,4H2;;(H3,1,2,3,4). The van der Waals surface area contributed by atoms with Crippen molar-refractivity contribution in [3.05, 3.63) is 12.7 Å². The summed E-state index contributed by atoms with van der Waals surface area (Å²) < 4.78 is 13.5. The minimum atomic E-state index is -4.64. The Labute approximate surface area is 85.0 Å². The van der Waals surface area contributed by atoms with E-state index in [9.17, 15) is 4.79 Å². The quantitative estimate of drug-likeness (QED) is 0.245. The summed E-state index contributed by atoms with van der Waals surface area (Å²) in [4.78, 5) is 31.8. The van der Waals surface area contributed by atoms with Crippen LogP contribution in [0.15, 0.2) is 12.7 Å². The van der Waals surface area contributed by atoms with Crippen molar-refractivity contribution in [2.24, 2.45) is 0 Å². The predicted octanol–water partition coefficient (Wildman–Crippen LogP) is -0.626. The molecule has 6 nitrogen and oxygen atoms in total. The van der Waals surface area contributed by atoms with Gasteiger partial charge in [-0.1, -0.05) is 0 Å². The van der Waals surface area contributed by atoms with Crippen LogP contribution in [-0.4, -0.2) is 45.0 Å². The zero-order valence-corrected chi connectivity index (χ0v) is 8.11. The Morgan fingerprint density at radius 3 is 2.15 bits per heavy atom. The summed E-state index contributed by atoms with van der Waals surface area (Å²) >= 11 is 1.94. The molecule has 0 aliphatic rings. The SMILES string of the molecule is O=P(O)(O)O.[Li][CH2]COC(=O)C=C.